The molecule has 7 nitrogen and oxygen atoms in total. The van der Waals surface area contributed by atoms with Gasteiger partial charge in [0, 0.05) is 12.1 Å². The molecule has 0 aliphatic rings. The van der Waals surface area contributed by atoms with Crippen molar-refractivity contribution >= 4 is 33.3 Å². The van der Waals surface area contributed by atoms with Crippen molar-refractivity contribution in [2.75, 3.05) is 23.4 Å². The molecule has 1 aromatic carbocycles. The number of benzene rings is 1. The standard InChI is InChI=1S/C16H24N2O5S/c1-11-6-7-12(8-13(11)18-24(5,21)22)17-14(19)9-16(2,3)10-15(20)23-4/h6-8,18H,9-10H2,1-5H3,(H,17,19). The summed E-state index contributed by atoms with van der Waals surface area (Å²) in [4.78, 5) is 23.5. The van der Waals surface area contributed by atoms with Gasteiger partial charge in [0.25, 0.3) is 0 Å². The normalized spacial score (nSPS) is 11.7. The molecule has 24 heavy (non-hydrogen) atoms. The number of anilines is 2. The molecule has 1 aromatic rings. The van der Waals surface area contributed by atoms with Crippen LogP contribution in [0.1, 0.15) is 32.3 Å². The number of sulfonamides is 1. The van der Waals surface area contributed by atoms with Crippen molar-refractivity contribution < 1.29 is 22.7 Å². The molecule has 0 bridgehead atoms. The van der Waals surface area contributed by atoms with E-state index in [0.29, 0.717) is 11.4 Å². The Kier molecular flexibility index (Phi) is 6.36. The predicted molar refractivity (Wildman–Crippen MR) is 93.3 cm³/mol. The zero-order valence-corrected chi connectivity index (χ0v) is 15.4. The second kappa shape index (κ2) is 7.65. The van der Waals surface area contributed by atoms with E-state index in [9.17, 15) is 18.0 Å². The first-order chi connectivity index (χ1) is 10.9. The highest BCUT2D eigenvalue weighted by Crippen LogP contribution is 2.27. The summed E-state index contributed by atoms with van der Waals surface area (Å²) < 4.78 is 29.8. The largest absolute Gasteiger partial charge is 0.469 e. The van der Waals surface area contributed by atoms with Gasteiger partial charge in [-0.3, -0.25) is 14.3 Å². The Balaban J connectivity index is 2.80. The van der Waals surface area contributed by atoms with Gasteiger partial charge in [-0.25, -0.2) is 8.42 Å². The number of hydrogen-bond donors (Lipinski definition) is 2. The Morgan fingerprint density at radius 2 is 1.83 bits per heavy atom. The topological polar surface area (TPSA) is 102 Å². The van der Waals surface area contributed by atoms with Crippen LogP contribution in [0.25, 0.3) is 0 Å². The minimum Gasteiger partial charge on any atom is -0.469 e. The molecule has 0 heterocycles. The van der Waals surface area contributed by atoms with Crippen molar-refractivity contribution in [3.8, 4) is 0 Å². The van der Waals surface area contributed by atoms with E-state index in [2.05, 4.69) is 14.8 Å². The van der Waals surface area contributed by atoms with Crippen LogP contribution in [0.5, 0.6) is 0 Å². The molecule has 0 atom stereocenters. The lowest BCUT2D eigenvalue weighted by atomic mass is 9.85. The van der Waals surface area contributed by atoms with Gasteiger partial charge in [0.1, 0.15) is 0 Å². The molecule has 0 radical (unpaired) electrons. The summed E-state index contributed by atoms with van der Waals surface area (Å²) in [5.74, 6) is -0.638. The number of nitrogens with one attached hydrogen (secondary N) is 2. The lowest BCUT2D eigenvalue weighted by Crippen LogP contribution is -2.25. The summed E-state index contributed by atoms with van der Waals surface area (Å²) in [5, 5.41) is 2.72. The minimum atomic E-state index is -3.40. The lowest BCUT2D eigenvalue weighted by Gasteiger charge is -2.22. The van der Waals surface area contributed by atoms with Crippen molar-refractivity contribution in [1.29, 1.82) is 0 Å². The predicted octanol–water partition coefficient (Wildman–Crippen LogP) is 2.28. The fourth-order valence-corrected chi connectivity index (χ4v) is 2.79. The third-order valence-electron chi connectivity index (χ3n) is 3.31. The van der Waals surface area contributed by atoms with E-state index in [-0.39, 0.29) is 24.7 Å². The van der Waals surface area contributed by atoms with Gasteiger partial charge < -0.3 is 10.1 Å². The van der Waals surface area contributed by atoms with Crippen LogP contribution in [0.15, 0.2) is 18.2 Å². The molecule has 2 N–H and O–H groups in total. The third kappa shape index (κ3) is 6.99. The van der Waals surface area contributed by atoms with Crippen molar-refractivity contribution in [1.82, 2.24) is 0 Å². The molecule has 0 unspecified atom stereocenters. The Labute approximate surface area is 142 Å². The maximum absolute atomic E-state index is 12.2. The van der Waals surface area contributed by atoms with Crippen molar-refractivity contribution in [3.05, 3.63) is 23.8 Å². The van der Waals surface area contributed by atoms with Crippen LogP contribution in [-0.4, -0.2) is 33.7 Å². The molecular weight excluding hydrogens is 332 g/mol. The van der Waals surface area contributed by atoms with Crippen LogP contribution in [0.2, 0.25) is 0 Å². The van der Waals surface area contributed by atoms with Crippen LogP contribution < -0.4 is 10.0 Å². The Hall–Kier alpha value is -2.09. The zero-order valence-electron chi connectivity index (χ0n) is 14.6. The van der Waals surface area contributed by atoms with Gasteiger partial charge in [0.05, 0.1) is 25.5 Å². The van der Waals surface area contributed by atoms with Crippen LogP contribution in [0.3, 0.4) is 0 Å². The summed E-state index contributed by atoms with van der Waals surface area (Å²) in [6.07, 6.45) is 1.32. The number of aryl methyl sites for hydroxylation is 1. The van der Waals surface area contributed by atoms with Gasteiger partial charge in [0.15, 0.2) is 0 Å². The first-order valence-corrected chi connectivity index (χ1v) is 9.26. The molecule has 0 fully saturated rings. The summed E-state index contributed by atoms with van der Waals surface area (Å²) in [7, 11) is -2.10. The van der Waals surface area contributed by atoms with E-state index < -0.39 is 15.4 Å². The Morgan fingerprint density at radius 1 is 1.21 bits per heavy atom. The van der Waals surface area contributed by atoms with Gasteiger partial charge >= 0.3 is 5.97 Å². The number of methoxy groups -OCH3 is 1. The second-order valence-corrected chi connectivity index (χ2v) is 8.29. The fraction of sp³-hybridized carbons (Fsp3) is 0.500. The van der Waals surface area contributed by atoms with E-state index in [1.54, 1.807) is 39.0 Å². The van der Waals surface area contributed by atoms with Crippen molar-refractivity contribution in [2.24, 2.45) is 5.41 Å². The van der Waals surface area contributed by atoms with Gasteiger partial charge in [0.2, 0.25) is 15.9 Å². The maximum Gasteiger partial charge on any atom is 0.306 e. The summed E-state index contributed by atoms with van der Waals surface area (Å²) in [5.41, 5.74) is 1.08. The zero-order chi connectivity index (χ0) is 18.5. The highest BCUT2D eigenvalue weighted by molar-refractivity contribution is 7.92. The van der Waals surface area contributed by atoms with E-state index >= 15 is 0 Å². The highest BCUT2D eigenvalue weighted by atomic mass is 32.2. The quantitative estimate of drug-likeness (QED) is 0.730. The minimum absolute atomic E-state index is 0.130. The molecular formula is C16H24N2O5S. The molecule has 134 valence electrons. The molecule has 0 aliphatic carbocycles. The fourth-order valence-electron chi connectivity index (χ4n) is 2.17. The molecule has 8 heteroatoms. The van der Waals surface area contributed by atoms with Crippen molar-refractivity contribution in [2.45, 2.75) is 33.6 Å². The smallest absolute Gasteiger partial charge is 0.306 e. The van der Waals surface area contributed by atoms with Gasteiger partial charge in [-0.05, 0) is 30.0 Å². The average molecular weight is 356 g/mol. The number of carbonyl (C=O) groups excluding carboxylic acids is 2. The monoisotopic (exact) mass is 356 g/mol. The third-order valence-corrected chi connectivity index (χ3v) is 3.90. The van der Waals surface area contributed by atoms with Crippen LogP contribution >= 0.6 is 0 Å². The van der Waals surface area contributed by atoms with Crippen molar-refractivity contribution in [3.63, 3.8) is 0 Å². The molecule has 0 saturated carbocycles. The summed E-state index contributed by atoms with van der Waals surface area (Å²) >= 11 is 0. The van der Waals surface area contributed by atoms with E-state index in [1.165, 1.54) is 7.11 Å². The molecule has 0 aliphatic heterocycles. The molecule has 1 rings (SSSR count). The number of carbonyl (C=O) groups is 2. The highest BCUT2D eigenvalue weighted by Gasteiger charge is 2.26. The Morgan fingerprint density at radius 3 is 2.38 bits per heavy atom. The van der Waals surface area contributed by atoms with Crippen LogP contribution in [0.4, 0.5) is 11.4 Å². The summed E-state index contributed by atoms with van der Waals surface area (Å²) in [6, 6.07) is 4.96. The first-order valence-electron chi connectivity index (χ1n) is 7.37. The van der Waals surface area contributed by atoms with E-state index in [4.69, 9.17) is 0 Å². The van der Waals surface area contributed by atoms with Crippen LogP contribution in [-0.2, 0) is 24.3 Å². The van der Waals surface area contributed by atoms with Gasteiger partial charge in [-0.15, -0.1) is 0 Å². The van der Waals surface area contributed by atoms with Gasteiger partial charge in [-0.2, -0.15) is 0 Å². The Bertz CT molecular complexity index is 726. The SMILES string of the molecule is COC(=O)CC(C)(C)CC(=O)Nc1ccc(C)c(NS(C)(=O)=O)c1. The van der Waals surface area contributed by atoms with E-state index in [0.717, 1.165) is 11.8 Å². The average Bonchev–Trinajstić information content (AvgIpc) is 2.39. The number of hydrogen-bond acceptors (Lipinski definition) is 5. The molecule has 0 spiro atoms. The number of ether oxygens (including phenoxy) is 1. The number of esters is 1. The van der Waals surface area contributed by atoms with E-state index in [1.807, 2.05) is 0 Å². The number of amides is 1. The summed E-state index contributed by atoms with van der Waals surface area (Å²) in [6.45, 7) is 5.36. The second-order valence-electron chi connectivity index (χ2n) is 6.55. The molecule has 1 amide bonds. The maximum atomic E-state index is 12.2. The van der Waals surface area contributed by atoms with Gasteiger partial charge in [-0.1, -0.05) is 19.9 Å². The first kappa shape index (κ1) is 20.0. The molecule has 0 aromatic heterocycles. The molecule has 0 saturated heterocycles. The lowest BCUT2D eigenvalue weighted by molar-refractivity contribution is -0.143. The number of rotatable bonds is 7. The van der Waals surface area contributed by atoms with Crippen LogP contribution in [0, 0.1) is 12.3 Å².